The molecule has 6 nitrogen and oxygen atoms in total. The molecule has 3 rings (SSSR count). The Hall–Kier alpha value is -3.17. The molecule has 0 unspecified atom stereocenters. The number of hydrogen-bond donors (Lipinski definition) is 1. The van der Waals surface area contributed by atoms with Crippen molar-refractivity contribution in [2.45, 2.75) is 11.8 Å². The molecule has 0 aliphatic heterocycles. The summed E-state index contributed by atoms with van der Waals surface area (Å²) in [5.74, 6) is -1.85. The van der Waals surface area contributed by atoms with E-state index in [1.807, 2.05) is 0 Å². The van der Waals surface area contributed by atoms with Crippen LogP contribution in [0.5, 0.6) is 5.75 Å². The molecule has 0 bridgehead atoms. The topological polar surface area (TPSA) is 75.7 Å². The van der Waals surface area contributed by atoms with Gasteiger partial charge in [-0.05, 0) is 67.1 Å². The van der Waals surface area contributed by atoms with Gasteiger partial charge in [-0.3, -0.25) is 9.10 Å². The molecule has 10 heteroatoms. The van der Waals surface area contributed by atoms with E-state index in [4.69, 9.17) is 16.3 Å². The van der Waals surface area contributed by atoms with Gasteiger partial charge in [0.15, 0.2) is 0 Å². The molecule has 0 radical (unpaired) electrons. The number of sulfonamides is 1. The van der Waals surface area contributed by atoms with Crippen LogP contribution in [-0.4, -0.2) is 28.0 Å². The van der Waals surface area contributed by atoms with E-state index in [9.17, 15) is 22.0 Å². The number of ether oxygens (including phenoxy) is 1. The fourth-order valence-electron chi connectivity index (χ4n) is 2.93. The largest absolute Gasteiger partial charge is 0.495 e. The monoisotopic (exact) mass is 480 g/mol. The number of methoxy groups -OCH3 is 1. The van der Waals surface area contributed by atoms with Crippen molar-refractivity contribution in [3.05, 3.63) is 82.9 Å². The first-order valence-corrected chi connectivity index (χ1v) is 11.1. The number of benzene rings is 3. The summed E-state index contributed by atoms with van der Waals surface area (Å²) in [4.78, 5) is 12.5. The number of amides is 1. The fraction of sp³-hybridized carbons (Fsp3) is 0.136. The number of nitrogens with zero attached hydrogens (tertiary/aromatic N) is 1. The van der Waals surface area contributed by atoms with Gasteiger partial charge in [-0.25, -0.2) is 17.2 Å². The Morgan fingerprint density at radius 1 is 1.06 bits per heavy atom. The molecule has 1 N–H and O–H groups in total. The molecule has 0 aliphatic carbocycles. The first-order valence-electron chi connectivity index (χ1n) is 9.29. The third-order valence-corrected chi connectivity index (χ3v) is 6.58. The second-order valence-electron chi connectivity index (χ2n) is 6.82. The van der Waals surface area contributed by atoms with Crippen LogP contribution in [0, 0.1) is 18.6 Å². The zero-order chi connectivity index (χ0) is 23.5. The molecule has 0 saturated carbocycles. The minimum atomic E-state index is -4.30. The van der Waals surface area contributed by atoms with Gasteiger partial charge in [0.05, 0.1) is 17.8 Å². The van der Waals surface area contributed by atoms with Crippen LogP contribution in [0.3, 0.4) is 0 Å². The second-order valence-corrected chi connectivity index (χ2v) is 9.06. The highest BCUT2D eigenvalue weighted by Crippen LogP contribution is 2.31. The molecule has 0 heterocycles. The van der Waals surface area contributed by atoms with Crippen molar-refractivity contribution in [3.8, 4) is 5.75 Å². The number of halogens is 3. The molecule has 32 heavy (non-hydrogen) atoms. The second kappa shape index (κ2) is 9.54. The van der Waals surface area contributed by atoms with Crippen LogP contribution in [-0.2, 0) is 14.8 Å². The van der Waals surface area contributed by atoms with Gasteiger partial charge in [-0.2, -0.15) is 0 Å². The van der Waals surface area contributed by atoms with E-state index in [-0.39, 0.29) is 27.0 Å². The van der Waals surface area contributed by atoms with Crippen molar-refractivity contribution >= 4 is 38.9 Å². The van der Waals surface area contributed by atoms with E-state index in [1.165, 1.54) is 43.5 Å². The maximum Gasteiger partial charge on any atom is 0.268 e. The maximum absolute atomic E-state index is 13.5. The first-order chi connectivity index (χ1) is 15.1. The number of aryl methyl sites for hydroxylation is 1. The molecule has 0 fully saturated rings. The van der Waals surface area contributed by atoms with Crippen LogP contribution < -0.4 is 14.4 Å². The quantitative estimate of drug-likeness (QED) is 0.528. The predicted molar refractivity (Wildman–Crippen MR) is 119 cm³/mol. The Balaban J connectivity index is 2.00. The summed E-state index contributed by atoms with van der Waals surface area (Å²) in [7, 11) is -2.97. The molecule has 3 aromatic carbocycles. The number of carbonyl (C=O) groups is 1. The van der Waals surface area contributed by atoms with Crippen molar-refractivity contribution in [1.29, 1.82) is 0 Å². The molecule has 1 amide bonds. The molecule has 0 atom stereocenters. The van der Waals surface area contributed by atoms with E-state index in [0.29, 0.717) is 5.56 Å². The molecular formula is C22H19ClF2N2O4S. The van der Waals surface area contributed by atoms with Crippen LogP contribution in [0.15, 0.2) is 65.6 Å². The molecule has 0 aliphatic rings. The lowest BCUT2D eigenvalue weighted by molar-refractivity contribution is -0.114. The minimum Gasteiger partial charge on any atom is -0.495 e. The average Bonchev–Trinajstić information content (AvgIpc) is 2.75. The van der Waals surface area contributed by atoms with E-state index in [2.05, 4.69) is 5.32 Å². The summed E-state index contributed by atoms with van der Waals surface area (Å²) in [6, 6.07) is 12.8. The van der Waals surface area contributed by atoms with Crippen molar-refractivity contribution in [1.82, 2.24) is 0 Å². The van der Waals surface area contributed by atoms with Gasteiger partial charge in [0.2, 0.25) is 5.91 Å². The third-order valence-electron chi connectivity index (χ3n) is 4.49. The Morgan fingerprint density at radius 2 is 1.75 bits per heavy atom. The smallest absolute Gasteiger partial charge is 0.268 e. The lowest BCUT2D eigenvalue weighted by atomic mass is 10.2. The highest BCUT2D eigenvalue weighted by atomic mass is 35.5. The van der Waals surface area contributed by atoms with Crippen LogP contribution in [0.1, 0.15) is 5.56 Å². The lowest BCUT2D eigenvalue weighted by Crippen LogP contribution is -2.38. The van der Waals surface area contributed by atoms with Crippen molar-refractivity contribution in [2.24, 2.45) is 0 Å². The van der Waals surface area contributed by atoms with Gasteiger partial charge < -0.3 is 10.1 Å². The summed E-state index contributed by atoms with van der Waals surface area (Å²) >= 11 is 5.73. The van der Waals surface area contributed by atoms with E-state index in [1.54, 1.807) is 13.0 Å². The molecule has 3 aromatic rings. The summed E-state index contributed by atoms with van der Waals surface area (Å²) in [5, 5.41) is 2.28. The summed E-state index contributed by atoms with van der Waals surface area (Å²) < 4.78 is 59.9. The highest BCUT2D eigenvalue weighted by Gasteiger charge is 2.30. The molecule has 168 valence electrons. The number of rotatable bonds is 7. The Morgan fingerprint density at radius 3 is 2.38 bits per heavy atom. The third kappa shape index (κ3) is 5.17. The van der Waals surface area contributed by atoms with Crippen LogP contribution in [0.2, 0.25) is 5.02 Å². The number of anilines is 2. The lowest BCUT2D eigenvalue weighted by Gasteiger charge is -2.25. The normalized spacial score (nSPS) is 11.2. The number of nitrogens with one attached hydrogen (secondary N) is 1. The highest BCUT2D eigenvalue weighted by molar-refractivity contribution is 7.93. The maximum atomic E-state index is 13.5. The number of hydrogen-bond acceptors (Lipinski definition) is 4. The van der Waals surface area contributed by atoms with Gasteiger partial charge in [0.25, 0.3) is 10.0 Å². The minimum absolute atomic E-state index is 0.0715. The zero-order valence-electron chi connectivity index (χ0n) is 17.1. The van der Waals surface area contributed by atoms with Gasteiger partial charge in [-0.15, -0.1) is 0 Å². The molecule has 0 aromatic heterocycles. The standard InChI is InChI=1S/C22H19ClF2N2O4S/c1-14-3-10-20(31-2)21(11-14)32(29,30)27(17-7-4-15(24)5-8-17)13-22(28)26-16-6-9-19(25)18(23)12-16/h3-12H,13H2,1-2H3,(H,26,28). The van der Waals surface area contributed by atoms with E-state index < -0.39 is 34.1 Å². The van der Waals surface area contributed by atoms with Crippen molar-refractivity contribution in [3.63, 3.8) is 0 Å². The fourth-order valence-corrected chi connectivity index (χ4v) is 4.78. The Kier molecular flexibility index (Phi) is 7.00. The molecular weight excluding hydrogens is 462 g/mol. The van der Waals surface area contributed by atoms with Crippen molar-refractivity contribution in [2.75, 3.05) is 23.3 Å². The van der Waals surface area contributed by atoms with Gasteiger partial charge in [0.1, 0.15) is 28.8 Å². The van der Waals surface area contributed by atoms with Crippen LogP contribution in [0.4, 0.5) is 20.2 Å². The number of carbonyl (C=O) groups excluding carboxylic acids is 1. The van der Waals surface area contributed by atoms with E-state index >= 15 is 0 Å². The van der Waals surface area contributed by atoms with E-state index in [0.717, 1.165) is 22.5 Å². The van der Waals surface area contributed by atoms with Crippen molar-refractivity contribution < 1.29 is 26.7 Å². The zero-order valence-corrected chi connectivity index (χ0v) is 18.7. The predicted octanol–water partition coefficient (Wildman–Crippen LogP) is 4.77. The Bertz CT molecular complexity index is 1250. The average molecular weight is 481 g/mol. The Labute approximate surface area is 189 Å². The summed E-state index contributed by atoms with van der Waals surface area (Å²) in [6.07, 6.45) is 0. The molecule has 0 spiro atoms. The summed E-state index contributed by atoms with van der Waals surface area (Å²) in [6.45, 7) is 1.08. The van der Waals surface area contributed by atoms with Gasteiger partial charge in [0, 0.05) is 5.69 Å². The first kappa shape index (κ1) is 23.5. The van der Waals surface area contributed by atoms with Gasteiger partial charge in [-0.1, -0.05) is 17.7 Å². The van der Waals surface area contributed by atoms with Crippen LogP contribution in [0.25, 0.3) is 0 Å². The molecule has 0 saturated heterocycles. The SMILES string of the molecule is COc1ccc(C)cc1S(=O)(=O)N(CC(=O)Nc1ccc(F)c(Cl)c1)c1ccc(F)cc1. The van der Waals surface area contributed by atoms with Gasteiger partial charge >= 0.3 is 0 Å². The van der Waals surface area contributed by atoms with Crippen LogP contribution >= 0.6 is 11.6 Å². The summed E-state index contributed by atoms with van der Waals surface area (Å²) in [5.41, 5.74) is 0.919.